The largest absolute Gasteiger partial charge is 0.496 e. The number of rotatable bonds is 3. The molecule has 0 aromatic heterocycles. The van der Waals surface area contributed by atoms with Crippen LogP contribution in [-0.4, -0.2) is 31.3 Å². The van der Waals surface area contributed by atoms with Gasteiger partial charge in [0.25, 0.3) is 0 Å². The van der Waals surface area contributed by atoms with Crippen LogP contribution in [0.2, 0.25) is 0 Å². The summed E-state index contributed by atoms with van der Waals surface area (Å²) in [5, 5.41) is 8.77. The molecular formula is C13H12O5. The van der Waals surface area contributed by atoms with E-state index in [1.165, 1.54) is 14.2 Å². The summed E-state index contributed by atoms with van der Waals surface area (Å²) in [7, 11) is 2.70. The Morgan fingerprint density at radius 2 is 2.06 bits per heavy atom. The second kappa shape index (κ2) is 6.30. The lowest BCUT2D eigenvalue weighted by Crippen LogP contribution is -2.02. The van der Waals surface area contributed by atoms with Gasteiger partial charge in [0.1, 0.15) is 5.75 Å². The molecule has 0 bridgehead atoms. The van der Waals surface area contributed by atoms with Gasteiger partial charge in [-0.1, -0.05) is 5.92 Å². The van der Waals surface area contributed by atoms with Gasteiger partial charge < -0.3 is 14.6 Å². The van der Waals surface area contributed by atoms with Crippen molar-refractivity contribution in [3.63, 3.8) is 0 Å². The van der Waals surface area contributed by atoms with Crippen molar-refractivity contribution in [2.45, 2.75) is 6.42 Å². The van der Waals surface area contributed by atoms with Crippen LogP contribution < -0.4 is 4.74 Å². The molecule has 0 aliphatic carbocycles. The fourth-order valence-corrected chi connectivity index (χ4v) is 1.33. The molecule has 0 saturated heterocycles. The maximum Gasteiger partial charge on any atom is 0.384 e. The molecule has 1 aromatic rings. The third-order valence-electron chi connectivity index (χ3n) is 2.12. The highest BCUT2D eigenvalue weighted by atomic mass is 16.5. The Morgan fingerprint density at radius 3 is 2.61 bits per heavy atom. The van der Waals surface area contributed by atoms with Crippen molar-refractivity contribution < 1.29 is 24.2 Å². The smallest absolute Gasteiger partial charge is 0.384 e. The van der Waals surface area contributed by atoms with E-state index in [2.05, 4.69) is 16.6 Å². The summed E-state index contributed by atoms with van der Waals surface area (Å²) in [5.41, 5.74) is 1.03. The number of aliphatic carboxylic acids is 1. The molecule has 0 unspecified atom stereocenters. The molecule has 5 heteroatoms. The summed E-state index contributed by atoms with van der Waals surface area (Å²) in [6, 6.07) is 4.82. The monoisotopic (exact) mass is 248 g/mol. The van der Waals surface area contributed by atoms with Crippen LogP contribution in [0.15, 0.2) is 18.2 Å². The maximum absolute atomic E-state index is 10.9. The minimum atomic E-state index is -0.966. The van der Waals surface area contributed by atoms with Crippen LogP contribution >= 0.6 is 0 Å². The van der Waals surface area contributed by atoms with Gasteiger partial charge in [0.05, 0.1) is 20.6 Å². The number of hydrogen-bond donors (Lipinski definition) is 1. The number of carbonyl (C=O) groups excluding carboxylic acids is 1. The van der Waals surface area contributed by atoms with Crippen LogP contribution in [0.1, 0.15) is 11.1 Å². The highest BCUT2D eigenvalue weighted by Gasteiger charge is 2.08. The van der Waals surface area contributed by atoms with Crippen LogP contribution in [0, 0.1) is 11.8 Å². The minimum absolute atomic E-state index is 0.170. The lowest BCUT2D eigenvalue weighted by Gasteiger charge is -2.06. The highest BCUT2D eigenvalue weighted by Crippen LogP contribution is 2.20. The predicted molar refractivity (Wildman–Crippen MR) is 63.2 cm³/mol. The molecular weight excluding hydrogens is 236 g/mol. The first-order valence-electron chi connectivity index (χ1n) is 5.05. The molecule has 0 aliphatic rings. The maximum atomic E-state index is 10.9. The van der Waals surface area contributed by atoms with Crippen molar-refractivity contribution in [2.75, 3.05) is 14.2 Å². The highest BCUT2D eigenvalue weighted by molar-refractivity contribution is 5.89. The van der Waals surface area contributed by atoms with Gasteiger partial charge in [0.2, 0.25) is 0 Å². The van der Waals surface area contributed by atoms with Crippen molar-refractivity contribution in [1.82, 2.24) is 0 Å². The fourth-order valence-electron chi connectivity index (χ4n) is 1.33. The van der Waals surface area contributed by atoms with Gasteiger partial charge in [-0.2, -0.15) is 0 Å². The standard InChI is InChI=1S/C13H12O5/c1-17-11-5-3-9(4-6-13(16)18-2)7-10(11)8-12(14)15/h3,5,7H,8H2,1-2H3,(H,14,15). The molecule has 0 atom stereocenters. The topological polar surface area (TPSA) is 72.8 Å². The summed E-state index contributed by atoms with van der Waals surface area (Å²) in [5.74, 6) is 3.71. The van der Waals surface area contributed by atoms with Crippen molar-refractivity contribution in [2.24, 2.45) is 0 Å². The first-order valence-corrected chi connectivity index (χ1v) is 5.05. The fraction of sp³-hybridized carbons (Fsp3) is 0.231. The average Bonchev–Trinajstić information content (AvgIpc) is 2.35. The zero-order valence-electron chi connectivity index (χ0n) is 10.0. The van der Waals surface area contributed by atoms with Crippen LogP contribution in [0.5, 0.6) is 5.75 Å². The number of carboxylic acids is 1. The Balaban J connectivity index is 3.05. The minimum Gasteiger partial charge on any atom is -0.496 e. The van der Waals surface area contributed by atoms with Gasteiger partial charge in [-0.15, -0.1) is 0 Å². The van der Waals surface area contributed by atoms with E-state index in [1.807, 2.05) is 0 Å². The Labute approximate surface area is 104 Å². The van der Waals surface area contributed by atoms with Crippen LogP contribution in [0.4, 0.5) is 0 Å². The summed E-state index contributed by atoms with van der Waals surface area (Å²) in [6.07, 6.45) is -0.170. The number of carboxylic acid groups (broad SMARTS) is 1. The Kier molecular flexibility index (Phi) is 4.76. The van der Waals surface area contributed by atoms with E-state index in [9.17, 15) is 9.59 Å². The number of benzene rings is 1. The Bertz CT molecular complexity index is 522. The predicted octanol–water partition coefficient (Wildman–Crippen LogP) is 0.847. The van der Waals surface area contributed by atoms with E-state index in [0.717, 1.165) is 0 Å². The molecule has 1 N–H and O–H groups in total. The van der Waals surface area contributed by atoms with Crippen molar-refractivity contribution in [3.8, 4) is 17.6 Å². The lowest BCUT2D eigenvalue weighted by atomic mass is 10.1. The second-order valence-electron chi connectivity index (χ2n) is 3.34. The van der Waals surface area contributed by atoms with Gasteiger partial charge in [-0.3, -0.25) is 4.79 Å². The number of hydrogen-bond acceptors (Lipinski definition) is 4. The van der Waals surface area contributed by atoms with E-state index in [1.54, 1.807) is 18.2 Å². The molecule has 0 aliphatic heterocycles. The zero-order valence-corrected chi connectivity index (χ0v) is 10.0. The van der Waals surface area contributed by atoms with E-state index in [-0.39, 0.29) is 6.42 Å². The molecule has 0 saturated carbocycles. The molecule has 0 fully saturated rings. The summed E-state index contributed by atoms with van der Waals surface area (Å²) in [4.78, 5) is 21.6. The number of ether oxygens (including phenoxy) is 2. The number of methoxy groups -OCH3 is 2. The number of esters is 1. The quantitative estimate of drug-likeness (QED) is 0.634. The molecule has 5 nitrogen and oxygen atoms in total. The van der Waals surface area contributed by atoms with Gasteiger partial charge >= 0.3 is 11.9 Å². The van der Waals surface area contributed by atoms with Gasteiger partial charge in [0, 0.05) is 17.0 Å². The SMILES string of the molecule is COC(=O)C#Cc1ccc(OC)c(CC(=O)O)c1. The van der Waals surface area contributed by atoms with Crippen LogP contribution in [0.25, 0.3) is 0 Å². The zero-order chi connectivity index (χ0) is 13.5. The Morgan fingerprint density at radius 1 is 1.33 bits per heavy atom. The summed E-state index contributed by atoms with van der Waals surface area (Å²) >= 11 is 0. The molecule has 1 aromatic carbocycles. The third-order valence-corrected chi connectivity index (χ3v) is 2.12. The van der Waals surface area contributed by atoms with Crippen LogP contribution in [0.3, 0.4) is 0 Å². The van der Waals surface area contributed by atoms with Gasteiger partial charge in [0.15, 0.2) is 0 Å². The van der Waals surface area contributed by atoms with E-state index in [0.29, 0.717) is 16.9 Å². The summed E-state index contributed by atoms with van der Waals surface area (Å²) in [6.45, 7) is 0. The average molecular weight is 248 g/mol. The molecule has 94 valence electrons. The third kappa shape index (κ3) is 3.83. The van der Waals surface area contributed by atoms with Gasteiger partial charge in [-0.25, -0.2) is 4.79 Å². The van der Waals surface area contributed by atoms with E-state index < -0.39 is 11.9 Å². The normalized spacial score (nSPS) is 9.00. The first-order chi connectivity index (χ1) is 8.56. The molecule has 0 heterocycles. The van der Waals surface area contributed by atoms with E-state index >= 15 is 0 Å². The second-order valence-corrected chi connectivity index (χ2v) is 3.34. The molecule has 0 spiro atoms. The van der Waals surface area contributed by atoms with Crippen molar-refractivity contribution in [1.29, 1.82) is 0 Å². The van der Waals surface area contributed by atoms with Crippen LogP contribution in [-0.2, 0) is 20.7 Å². The lowest BCUT2D eigenvalue weighted by molar-refractivity contribution is -0.136. The Hall–Kier alpha value is -2.48. The van der Waals surface area contributed by atoms with Crippen molar-refractivity contribution >= 4 is 11.9 Å². The van der Waals surface area contributed by atoms with Crippen molar-refractivity contribution in [3.05, 3.63) is 29.3 Å². The molecule has 1 rings (SSSR count). The molecule has 18 heavy (non-hydrogen) atoms. The summed E-state index contributed by atoms with van der Waals surface area (Å²) < 4.78 is 9.43. The number of carbonyl (C=O) groups is 2. The van der Waals surface area contributed by atoms with E-state index in [4.69, 9.17) is 9.84 Å². The molecule has 0 amide bonds. The first kappa shape index (κ1) is 13.6. The molecule has 0 radical (unpaired) electrons. The van der Waals surface area contributed by atoms with Gasteiger partial charge in [-0.05, 0) is 18.2 Å².